The van der Waals surface area contributed by atoms with Crippen LogP contribution >= 0.6 is 11.3 Å². The number of carbonyl (C=O) groups is 1. The number of aromatic nitrogens is 2. The van der Waals surface area contributed by atoms with Crippen molar-refractivity contribution in [3.8, 4) is 0 Å². The Morgan fingerprint density at radius 3 is 2.79 bits per heavy atom. The van der Waals surface area contributed by atoms with Gasteiger partial charge in [0.1, 0.15) is 5.82 Å². The summed E-state index contributed by atoms with van der Waals surface area (Å²) in [5.41, 5.74) is 0.676. The van der Waals surface area contributed by atoms with Gasteiger partial charge in [-0.1, -0.05) is 18.2 Å². The zero-order valence-electron chi connectivity index (χ0n) is 15.4. The first-order valence-electron chi connectivity index (χ1n) is 9.79. The molecule has 2 bridgehead atoms. The lowest BCUT2D eigenvalue weighted by Crippen LogP contribution is -2.57. The molecule has 7 heteroatoms. The van der Waals surface area contributed by atoms with E-state index in [2.05, 4.69) is 26.3 Å². The molecule has 2 saturated heterocycles. The van der Waals surface area contributed by atoms with Crippen molar-refractivity contribution in [2.75, 3.05) is 5.32 Å². The van der Waals surface area contributed by atoms with Crippen LogP contribution in [0.15, 0.2) is 46.8 Å². The van der Waals surface area contributed by atoms with Crippen LogP contribution in [0, 0.1) is 0 Å². The number of aromatic amines is 1. The van der Waals surface area contributed by atoms with Crippen LogP contribution in [0.2, 0.25) is 0 Å². The predicted octanol–water partition coefficient (Wildman–Crippen LogP) is 3.62. The maximum absolute atomic E-state index is 13.5. The van der Waals surface area contributed by atoms with Crippen LogP contribution in [0.3, 0.4) is 0 Å². The van der Waals surface area contributed by atoms with Crippen LogP contribution in [0.5, 0.6) is 0 Å². The molecule has 2 N–H and O–H groups in total. The molecule has 0 saturated carbocycles. The smallest absolute Gasteiger partial charge is 0.255 e. The fourth-order valence-electron chi connectivity index (χ4n) is 4.77. The lowest BCUT2D eigenvalue weighted by Gasteiger charge is -2.49. The summed E-state index contributed by atoms with van der Waals surface area (Å²) in [4.78, 5) is 33.9. The molecule has 5 rings (SSSR count). The molecule has 1 aromatic carbocycles. The van der Waals surface area contributed by atoms with Gasteiger partial charge in [-0.25, -0.2) is 4.98 Å². The zero-order valence-corrected chi connectivity index (χ0v) is 16.2. The number of thiophene rings is 1. The average molecular weight is 395 g/mol. The predicted molar refractivity (Wildman–Crippen MR) is 111 cm³/mol. The van der Waals surface area contributed by atoms with E-state index >= 15 is 0 Å². The standard InChI is InChI=1S/C21H22N4O2S/c26-20-10-19(22-12-23-20)24-13-8-14-4-3-5-15(9-13)25(14)21(27)17-11-28-18-7-2-1-6-16(17)18/h1-2,6-7,10-15H,3-5,8-9H2,(H2,22,23,24,26)/t13?,14-,15+. The first kappa shape index (κ1) is 17.4. The summed E-state index contributed by atoms with van der Waals surface area (Å²) in [7, 11) is 0. The number of carbonyl (C=O) groups excluding carboxylic acids is 1. The first-order chi connectivity index (χ1) is 13.7. The molecule has 1 amide bonds. The number of nitrogens with one attached hydrogen (secondary N) is 2. The molecule has 2 aliphatic rings. The van der Waals surface area contributed by atoms with Gasteiger partial charge in [-0.3, -0.25) is 9.59 Å². The molecular weight excluding hydrogens is 372 g/mol. The van der Waals surface area contributed by atoms with E-state index in [9.17, 15) is 9.59 Å². The highest BCUT2D eigenvalue weighted by Crippen LogP contribution is 2.37. The van der Waals surface area contributed by atoms with Gasteiger partial charge in [-0.05, 0) is 38.2 Å². The monoisotopic (exact) mass is 394 g/mol. The lowest BCUT2D eigenvalue weighted by atomic mass is 9.81. The third-order valence-corrected chi connectivity index (χ3v) is 6.91. The molecule has 3 aromatic rings. The summed E-state index contributed by atoms with van der Waals surface area (Å²) in [5.74, 6) is 0.773. The summed E-state index contributed by atoms with van der Waals surface area (Å²) in [6.07, 6.45) is 6.43. The van der Waals surface area contributed by atoms with Crippen LogP contribution in [-0.4, -0.2) is 38.9 Å². The molecule has 2 aromatic heterocycles. The molecule has 3 atom stereocenters. The Kier molecular flexibility index (Phi) is 4.39. The van der Waals surface area contributed by atoms with Crippen molar-refractivity contribution < 1.29 is 4.79 Å². The van der Waals surface area contributed by atoms with Crippen molar-refractivity contribution in [1.82, 2.24) is 14.9 Å². The Hall–Kier alpha value is -2.67. The van der Waals surface area contributed by atoms with E-state index in [1.165, 1.54) is 18.8 Å². The fourth-order valence-corrected chi connectivity index (χ4v) is 5.70. The number of piperidine rings is 2. The highest BCUT2D eigenvalue weighted by molar-refractivity contribution is 7.17. The highest BCUT2D eigenvalue weighted by atomic mass is 32.1. The van der Waals surface area contributed by atoms with Crippen molar-refractivity contribution >= 4 is 33.1 Å². The van der Waals surface area contributed by atoms with E-state index in [1.54, 1.807) is 11.3 Å². The van der Waals surface area contributed by atoms with Gasteiger partial charge in [-0.2, -0.15) is 0 Å². The molecule has 0 radical (unpaired) electrons. The Morgan fingerprint density at radius 1 is 1.21 bits per heavy atom. The minimum Gasteiger partial charge on any atom is -0.367 e. The summed E-state index contributed by atoms with van der Waals surface area (Å²) >= 11 is 1.64. The number of H-pyrrole nitrogens is 1. The normalized spacial score (nSPS) is 24.3. The molecule has 0 spiro atoms. The number of fused-ring (bicyclic) bond motifs is 3. The van der Waals surface area contributed by atoms with Crippen LogP contribution in [0.4, 0.5) is 5.82 Å². The van der Waals surface area contributed by atoms with Gasteiger partial charge in [0.15, 0.2) is 0 Å². The average Bonchev–Trinajstić information content (AvgIpc) is 3.11. The third kappa shape index (κ3) is 3.09. The Morgan fingerprint density at radius 2 is 2.00 bits per heavy atom. The topological polar surface area (TPSA) is 78.1 Å². The highest BCUT2D eigenvalue weighted by Gasteiger charge is 2.41. The lowest BCUT2D eigenvalue weighted by molar-refractivity contribution is 0.0261. The first-order valence-corrected chi connectivity index (χ1v) is 10.7. The van der Waals surface area contributed by atoms with Crippen LogP contribution in [0.1, 0.15) is 42.5 Å². The second-order valence-electron chi connectivity index (χ2n) is 7.71. The van der Waals surface area contributed by atoms with Crippen molar-refractivity contribution in [2.24, 2.45) is 0 Å². The zero-order chi connectivity index (χ0) is 19.1. The number of amides is 1. The van der Waals surface area contributed by atoms with E-state index in [0.717, 1.165) is 41.3 Å². The van der Waals surface area contributed by atoms with E-state index in [1.807, 2.05) is 23.6 Å². The van der Waals surface area contributed by atoms with Crippen molar-refractivity contribution in [3.63, 3.8) is 0 Å². The van der Waals surface area contributed by atoms with Gasteiger partial charge in [0, 0.05) is 39.7 Å². The van der Waals surface area contributed by atoms with Gasteiger partial charge in [0.25, 0.3) is 11.5 Å². The SMILES string of the molecule is O=C(c1csc2ccccc12)N1[C@@H]2CCC[C@H]1CC(Nc1cc(=O)[nH]cn1)C2. The van der Waals surface area contributed by atoms with E-state index in [-0.39, 0.29) is 29.6 Å². The number of benzene rings is 1. The molecule has 144 valence electrons. The minimum absolute atomic E-state index is 0.158. The summed E-state index contributed by atoms with van der Waals surface area (Å²) in [6, 6.07) is 10.3. The number of hydrogen-bond donors (Lipinski definition) is 2. The molecule has 4 heterocycles. The molecule has 1 unspecified atom stereocenters. The van der Waals surface area contributed by atoms with Gasteiger partial charge in [0.2, 0.25) is 0 Å². The molecular formula is C21H22N4O2S. The van der Waals surface area contributed by atoms with Gasteiger partial charge in [0.05, 0.1) is 11.9 Å². The van der Waals surface area contributed by atoms with Crippen LogP contribution in [-0.2, 0) is 0 Å². The van der Waals surface area contributed by atoms with E-state index in [4.69, 9.17) is 0 Å². The second-order valence-corrected chi connectivity index (χ2v) is 8.62. The molecule has 2 aliphatic heterocycles. The van der Waals surface area contributed by atoms with Crippen molar-refractivity contribution in [1.29, 1.82) is 0 Å². The molecule has 0 aliphatic carbocycles. The Balaban J connectivity index is 1.38. The second kappa shape index (κ2) is 7.05. The summed E-state index contributed by atoms with van der Waals surface area (Å²) in [5, 5.41) is 6.47. The van der Waals surface area contributed by atoms with Crippen LogP contribution in [0.25, 0.3) is 10.1 Å². The van der Waals surface area contributed by atoms with Gasteiger partial charge < -0.3 is 15.2 Å². The third-order valence-electron chi connectivity index (χ3n) is 5.95. The number of anilines is 1. The number of hydrogen-bond acceptors (Lipinski definition) is 5. The molecule has 2 fully saturated rings. The summed E-state index contributed by atoms with van der Waals surface area (Å²) in [6.45, 7) is 0. The van der Waals surface area contributed by atoms with Gasteiger partial charge in [-0.15, -0.1) is 11.3 Å². The number of rotatable bonds is 3. The van der Waals surface area contributed by atoms with E-state index in [0.29, 0.717) is 5.82 Å². The van der Waals surface area contributed by atoms with E-state index < -0.39 is 0 Å². The van der Waals surface area contributed by atoms with Crippen molar-refractivity contribution in [2.45, 2.75) is 50.2 Å². The maximum Gasteiger partial charge on any atom is 0.255 e. The fraction of sp³-hybridized carbons (Fsp3) is 0.381. The molecule has 6 nitrogen and oxygen atoms in total. The maximum atomic E-state index is 13.5. The summed E-state index contributed by atoms with van der Waals surface area (Å²) < 4.78 is 1.16. The Labute approximate surface area is 166 Å². The minimum atomic E-state index is -0.158. The molecule has 28 heavy (non-hydrogen) atoms. The van der Waals surface area contributed by atoms with Crippen molar-refractivity contribution in [3.05, 3.63) is 58.0 Å². The largest absolute Gasteiger partial charge is 0.367 e. The van der Waals surface area contributed by atoms with Crippen LogP contribution < -0.4 is 10.9 Å². The Bertz CT molecular complexity index is 1060. The quantitative estimate of drug-likeness (QED) is 0.711. The van der Waals surface area contributed by atoms with Gasteiger partial charge >= 0.3 is 0 Å². The number of nitrogens with zero attached hydrogens (tertiary/aromatic N) is 2.